The minimum Gasteiger partial charge on any atom is -0.361 e. The first-order chi connectivity index (χ1) is 12.0. The number of aromatic amines is 1. The third-order valence-electron chi connectivity index (χ3n) is 4.60. The van der Waals surface area contributed by atoms with Gasteiger partial charge in [0.25, 0.3) is 0 Å². The van der Waals surface area contributed by atoms with Gasteiger partial charge in [-0.05, 0) is 44.0 Å². The van der Waals surface area contributed by atoms with E-state index in [4.69, 9.17) is 10.3 Å². The smallest absolute Gasteiger partial charge is 0.326 e. The number of aryl methyl sites for hydroxylation is 3. The summed E-state index contributed by atoms with van der Waals surface area (Å²) in [6.45, 7) is 6.73. The van der Waals surface area contributed by atoms with Crippen LogP contribution in [0.5, 0.6) is 0 Å². The molecule has 0 unspecified atom stereocenters. The Hall–Kier alpha value is -2.93. The van der Waals surface area contributed by atoms with Crippen LogP contribution in [0.2, 0.25) is 0 Å². The Bertz CT molecular complexity index is 1150. The Balaban J connectivity index is 2.07. The molecule has 0 bridgehead atoms. The van der Waals surface area contributed by atoms with E-state index in [0.717, 1.165) is 50.1 Å². The molecule has 3 aromatic heterocycles. The lowest BCUT2D eigenvalue weighted by Gasteiger charge is -2.10. The fourth-order valence-corrected chi connectivity index (χ4v) is 3.48. The van der Waals surface area contributed by atoms with Crippen molar-refractivity contribution in [2.75, 3.05) is 6.54 Å². The van der Waals surface area contributed by atoms with Crippen molar-refractivity contribution in [1.82, 2.24) is 19.7 Å². The highest BCUT2D eigenvalue weighted by Gasteiger charge is 2.17. The minimum atomic E-state index is -0.165. The number of benzene rings is 1. The van der Waals surface area contributed by atoms with E-state index < -0.39 is 0 Å². The van der Waals surface area contributed by atoms with Crippen molar-refractivity contribution in [3.05, 3.63) is 45.8 Å². The molecule has 25 heavy (non-hydrogen) atoms. The van der Waals surface area contributed by atoms with Crippen molar-refractivity contribution in [2.24, 2.45) is 5.73 Å². The van der Waals surface area contributed by atoms with Crippen molar-refractivity contribution < 1.29 is 4.52 Å². The predicted octanol–water partition coefficient (Wildman–Crippen LogP) is 2.42. The zero-order chi connectivity index (χ0) is 17.7. The van der Waals surface area contributed by atoms with Crippen LogP contribution in [-0.4, -0.2) is 26.2 Å². The summed E-state index contributed by atoms with van der Waals surface area (Å²) in [5, 5.41) is 4.97. The number of hydrogen-bond donors (Lipinski definition) is 2. The minimum absolute atomic E-state index is 0.165. The first kappa shape index (κ1) is 15.6. The monoisotopic (exact) mass is 337 g/mol. The number of rotatable bonds is 3. The Morgan fingerprint density at radius 2 is 2.08 bits per heavy atom. The van der Waals surface area contributed by atoms with Crippen LogP contribution in [0.25, 0.3) is 33.1 Å². The van der Waals surface area contributed by atoms with E-state index in [-0.39, 0.29) is 5.69 Å². The largest absolute Gasteiger partial charge is 0.361 e. The van der Waals surface area contributed by atoms with Crippen LogP contribution < -0.4 is 11.4 Å². The molecule has 0 amide bonds. The van der Waals surface area contributed by atoms with Gasteiger partial charge in [0, 0.05) is 24.0 Å². The second-order valence-electron chi connectivity index (χ2n) is 6.27. The van der Waals surface area contributed by atoms with E-state index >= 15 is 0 Å². The molecule has 0 aliphatic carbocycles. The van der Waals surface area contributed by atoms with Crippen LogP contribution in [-0.2, 0) is 6.54 Å². The van der Waals surface area contributed by atoms with E-state index in [1.807, 2.05) is 26.8 Å². The molecule has 3 heterocycles. The van der Waals surface area contributed by atoms with Gasteiger partial charge in [-0.3, -0.25) is 9.55 Å². The summed E-state index contributed by atoms with van der Waals surface area (Å²) in [5.74, 6) is 0.780. The molecule has 4 aromatic rings. The van der Waals surface area contributed by atoms with Gasteiger partial charge in [0.1, 0.15) is 5.76 Å². The number of nitrogens with one attached hydrogen (secondary N) is 1. The quantitative estimate of drug-likeness (QED) is 0.597. The Labute approximate surface area is 143 Å². The summed E-state index contributed by atoms with van der Waals surface area (Å²) in [7, 11) is 0. The molecule has 1 aromatic carbocycles. The summed E-state index contributed by atoms with van der Waals surface area (Å²) in [6.07, 6.45) is 1.69. The van der Waals surface area contributed by atoms with Crippen molar-refractivity contribution in [3.63, 3.8) is 0 Å². The lowest BCUT2D eigenvalue weighted by atomic mass is 9.97. The van der Waals surface area contributed by atoms with Crippen molar-refractivity contribution >= 4 is 21.9 Å². The first-order valence-electron chi connectivity index (χ1n) is 8.16. The van der Waals surface area contributed by atoms with Gasteiger partial charge < -0.3 is 15.2 Å². The number of pyridine rings is 1. The van der Waals surface area contributed by atoms with Gasteiger partial charge in [0.2, 0.25) is 0 Å². The Morgan fingerprint density at radius 1 is 1.28 bits per heavy atom. The van der Waals surface area contributed by atoms with Gasteiger partial charge in [0.05, 0.1) is 28.4 Å². The van der Waals surface area contributed by atoms with Gasteiger partial charge in [-0.25, -0.2) is 4.79 Å². The van der Waals surface area contributed by atoms with Gasteiger partial charge in [-0.1, -0.05) is 5.16 Å². The summed E-state index contributed by atoms with van der Waals surface area (Å²) >= 11 is 0. The molecule has 0 spiro atoms. The van der Waals surface area contributed by atoms with Gasteiger partial charge in [-0.2, -0.15) is 0 Å². The van der Waals surface area contributed by atoms with Gasteiger partial charge in [-0.15, -0.1) is 0 Å². The van der Waals surface area contributed by atoms with Gasteiger partial charge in [0.15, 0.2) is 0 Å². The average molecular weight is 337 g/mol. The summed E-state index contributed by atoms with van der Waals surface area (Å²) in [5.41, 5.74) is 11.8. The number of fused-ring (bicyclic) bond motifs is 3. The zero-order valence-electron chi connectivity index (χ0n) is 14.4. The lowest BCUT2D eigenvalue weighted by molar-refractivity contribution is 0.393. The number of aromatic nitrogens is 4. The van der Waals surface area contributed by atoms with Crippen LogP contribution in [0.1, 0.15) is 17.0 Å². The predicted molar refractivity (Wildman–Crippen MR) is 96.6 cm³/mol. The summed E-state index contributed by atoms with van der Waals surface area (Å²) in [6, 6.07) is 4.09. The molecule has 0 radical (unpaired) electrons. The lowest BCUT2D eigenvalue weighted by Crippen LogP contribution is -2.21. The molecular weight excluding hydrogens is 318 g/mol. The molecule has 7 nitrogen and oxygen atoms in total. The Morgan fingerprint density at radius 3 is 2.76 bits per heavy atom. The molecule has 0 fully saturated rings. The molecular formula is C18H19N5O2. The van der Waals surface area contributed by atoms with E-state index in [1.165, 1.54) is 0 Å². The maximum absolute atomic E-state index is 12.2. The normalized spacial score (nSPS) is 11.7. The van der Waals surface area contributed by atoms with Crippen molar-refractivity contribution in [2.45, 2.75) is 27.3 Å². The number of nitrogens with zero attached hydrogens (tertiary/aromatic N) is 3. The van der Waals surface area contributed by atoms with Crippen LogP contribution in [0.4, 0.5) is 0 Å². The molecule has 7 heteroatoms. The SMILES string of the molecule is Cc1cc2c(cc1-c1c(C)noc1C)ncc1[nH]c(=O)n(CCN)c12. The molecule has 3 N–H and O–H groups in total. The van der Waals surface area contributed by atoms with Crippen molar-refractivity contribution in [1.29, 1.82) is 0 Å². The third-order valence-corrected chi connectivity index (χ3v) is 4.60. The van der Waals surface area contributed by atoms with E-state index in [9.17, 15) is 4.79 Å². The number of H-pyrrole nitrogens is 1. The molecule has 0 atom stereocenters. The van der Waals surface area contributed by atoms with Crippen molar-refractivity contribution in [3.8, 4) is 11.1 Å². The van der Waals surface area contributed by atoms with Crippen LogP contribution >= 0.6 is 0 Å². The highest BCUT2D eigenvalue weighted by atomic mass is 16.5. The van der Waals surface area contributed by atoms with E-state index in [2.05, 4.69) is 21.2 Å². The standard InChI is InChI=1S/C18H19N5O2/c1-9-6-13-14(7-12(9)16-10(2)22-25-11(16)3)20-8-15-17(13)23(5-4-19)18(24)21-15/h6-8H,4-5,19H2,1-3H3,(H,21,24). The maximum Gasteiger partial charge on any atom is 0.326 e. The molecule has 0 saturated carbocycles. The fourth-order valence-electron chi connectivity index (χ4n) is 3.48. The second-order valence-corrected chi connectivity index (χ2v) is 6.27. The molecule has 0 aliphatic heterocycles. The maximum atomic E-state index is 12.2. The number of hydrogen-bond acceptors (Lipinski definition) is 5. The average Bonchev–Trinajstić information content (AvgIpc) is 3.07. The van der Waals surface area contributed by atoms with Crippen LogP contribution in [0.15, 0.2) is 27.6 Å². The van der Waals surface area contributed by atoms with E-state index in [0.29, 0.717) is 13.1 Å². The summed E-state index contributed by atoms with van der Waals surface area (Å²) in [4.78, 5) is 19.6. The Kier molecular flexibility index (Phi) is 3.47. The zero-order valence-corrected chi connectivity index (χ0v) is 14.4. The summed E-state index contributed by atoms with van der Waals surface area (Å²) < 4.78 is 6.98. The first-order valence-corrected chi connectivity index (χ1v) is 8.16. The highest BCUT2D eigenvalue weighted by molar-refractivity contribution is 6.04. The molecule has 128 valence electrons. The van der Waals surface area contributed by atoms with Crippen LogP contribution in [0.3, 0.4) is 0 Å². The highest BCUT2D eigenvalue weighted by Crippen LogP contribution is 2.33. The van der Waals surface area contributed by atoms with Gasteiger partial charge >= 0.3 is 5.69 Å². The van der Waals surface area contributed by atoms with E-state index in [1.54, 1.807) is 10.8 Å². The number of imidazole rings is 1. The third kappa shape index (κ3) is 2.27. The topological polar surface area (TPSA) is 103 Å². The molecule has 0 aliphatic rings. The number of nitrogens with two attached hydrogens (primary N) is 1. The van der Waals surface area contributed by atoms with Crippen LogP contribution in [0, 0.1) is 20.8 Å². The second kappa shape index (κ2) is 5.56. The fraction of sp³-hybridized carbons (Fsp3) is 0.278. The molecule has 4 rings (SSSR count). The molecule has 0 saturated heterocycles.